The summed E-state index contributed by atoms with van der Waals surface area (Å²) in [6, 6.07) is 18.9. The van der Waals surface area contributed by atoms with Crippen LogP contribution in [0.5, 0.6) is 5.75 Å². The van der Waals surface area contributed by atoms with Gasteiger partial charge in [-0.2, -0.15) is 5.26 Å². The second-order valence-electron chi connectivity index (χ2n) is 7.64. The molecule has 1 saturated carbocycles. The number of aromatic nitrogens is 1. The van der Waals surface area contributed by atoms with Crippen LogP contribution in [0.4, 0.5) is 0 Å². The topological polar surface area (TPSA) is 45.9 Å². The first-order valence-corrected chi connectivity index (χ1v) is 11.6. The Morgan fingerprint density at radius 2 is 1.90 bits per heavy atom. The second-order valence-corrected chi connectivity index (χ2v) is 8.49. The second kappa shape index (κ2) is 9.73. The molecule has 1 heterocycles. The van der Waals surface area contributed by atoms with Gasteiger partial charge in [0.1, 0.15) is 16.8 Å². The van der Waals surface area contributed by atoms with E-state index in [0.717, 1.165) is 27.6 Å². The van der Waals surface area contributed by atoms with Crippen molar-refractivity contribution in [2.45, 2.75) is 44.9 Å². The van der Waals surface area contributed by atoms with E-state index in [2.05, 4.69) is 30.3 Å². The third-order valence-corrected chi connectivity index (χ3v) is 6.53. The molecule has 0 N–H and O–H groups in total. The number of nitriles is 1. The van der Waals surface area contributed by atoms with Gasteiger partial charge in [0.05, 0.1) is 17.9 Å². The predicted octanol–water partition coefficient (Wildman–Crippen LogP) is 7.32. The molecule has 0 saturated heterocycles. The molecular formula is C26H26N2OS. The Bertz CT molecular complexity index is 1050. The van der Waals surface area contributed by atoms with E-state index < -0.39 is 0 Å². The molecule has 1 aliphatic carbocycles. The maximum atomic E-state index is 9.73. The summed E-state index contributed by atoms with van der Waals surface area (Å²) >= 11 is 1.51. The Balaban J connectivity index is 1.56. The zero-order chi connectivity index (χ0) is 20.8. The lowest BCUT2D eigenvalue weighted by molar-refractivity contribution is 0.339. The number of hydrogen-bond donors (Lipinski definition) is 0. The normalized spacial score (nSPS) is 15.0. The number of para-hydroxylation sites is 1. The number of hydrogen-bond acceptors (Lipinski definition) is 4. The quantitative estimate of drug-likeness (QED) is 0.397. The van der Waals surface area contributed by atoms with Gasteiger partial charge in [-0.15, -0.1) is 11.3 Å². The van der Waals surface area contributed by atoms with Gasteiger partial charge in [-0.25, -0.2) is 4.98 Å². The lowest BCUT2D eigenvalue weighted by atomic mass is 9.84. The summed E-state index contributed by atoms with van der Waals surface area (Å²) in [4.78, 5) is 4.75. The average Bonchev–Trinajstić information content (AvgIpc) is 3.29. The van der Waals surface area contributed by atoms with Gasteiger partial charge in [0, 0.05) is 16.5 Å². The molecule has 1 aliphatic rings. The van der Waals surface area contributed by atoms with E-state index in [4.69, 9.17) is 9.72 Å². The highest BCUT2D eigenvalue weighted by Gasteiger charge is 2.16. The number of nitrogens with zero attached hydrogens (tertiary/aromatic N) is 2. The van der Waals surface area contributed by atoms with Crippen LogP contribution in [0.3, 0.4) is 0 Å². The molecule has 2 aromatic carbocycles. The maximum absolute atomic E-state index is 9.73. The number of rotatable bonds is 6. The first-order valence-electron chi connectivity index (χ1n) is 10.7. The van der Waals surface area contributed by atoms with Crippen molar-refractivity contribution in [3.63, 3.8) is 0 Å². The molecule has 0 atom stereocenters. The van der Waals surface area contributed by atoms with Gasteiger partial charge in [-0.3, -0.25) is 0 Å². The number of thiazole rings is 1. The molecule has 4 rings (SSSR count). The largest absolute Gasteiger partial charge is 0.493 e. The Labute approximate surface area is 182 Å². The van der Waals surface area contributed by atoms with Crippen molar-refractivity contribution < 1.29 is 4.74 Å². The predicted molar refractivity (Wildman–Crippen MR) is 124 cm³/mol. The zero-order valence-electron chi connectivity index (χ0n) is 17.3. The van der Waals surface area contributed by atoms with Crippen molar-refractivity contribution in [3.05, 3.63) is 70.0 Å². The van der Waals surface area contributed by atoms with Gasteiger partial charge in [0.15, 0.2) is 0 Å². The van der Waals surface area contributed by atoms with Crippen LogP contribution in [0.1, 0.15) is 61.1 Å². The van der Waals surface area contributed by atoms with E-state index in [1.165, 1.54) is 49.0 Å². The van der Waals surface area contributed by atoms with E-state index in [-0.39, 0.29) is 0 Å². The number of allylic oxidation sites excluding steroid dienone is 1. The molecule has 0 aliphatic heterocycles. The highest BCUT2D eigenvalue weighted by Crippen LogP contribution is 2.34. The van der Waals surface area contributed by atoms with Crippen molar-refractivity contribution in [3.8, 4) is 23.1 Å². The number of benzene rings is 2. The minimum absolute atomic E-state index is 0.553. The average molecular weight is 415 g/mol. The molecule has 0 spiro atoms. The third kappa shape index (κ3) is 4.63. The molecule has 152 valence electrons. The first kappa shape index (κ1) is 20.4. The van der Waals surface area contributed by atoms with Crippen molar-refractivity contribution in [1.29, 1.82) is 5.26 Å². The summed E-state index contributed by atoms with van der Waals surface area (Å²) in [6.45, 7) is 2.54. The maximum Gasteiger partial charge on any atom is 0.134 e. The third-order valence-electron chi connectivity index (χ3n) is 5.66. The molecule has 1 fully saturated rings. The molecule has 3 nitrogen and oxygen atoms in total. The van der Waals surface area contributed by atoms with Gasteiger partial charge in [0.25, 0.3) is 0 Å². The summed E-state index contributed by atoms with van der Waals surface area (Å²) in [5.74, 6) is 1.49. The summed E-state index contributed by atoms with van der Waals surface area (Å²) in [5.41, 5.74) is 4.91. The van der Waals surface area contributed by atoms with Gasteiger partial charge in [0.2, 0.25) is 0 Å². The molecule has 3 aromatic rings. The molecule has 4 heteroatoms. The highest BCUT2D eigenvalue weighted by molar-refractivity contribution is 7.11. The van der Waals surface area contributed by atoms with Crippen LogP contribution in [0, 0.1) is 11.3 Å². The SMILES string of the molecule is CCOc1ccccc1/C=C(\C#N)c1nc(-c2ccc(C3CCCCC3)cc2)cs1. The van der Waals surface area contributed by atoms with Gasteiger partial charge >= 0.3 is 0 Å². The van der Waals surface area contributed by atoms with Gasteiger partial charge in [-0.05, 0) is 43.4 Å². The Morgan fingerprint density at radius 3 is 2.63 bits per heavy atom. The van der Waals surface area contributed by atoms with Gasteiger partial charge in [-0.1, -0.05) is 61.7 Å². The summed E-state index contributed by atoms with van der Waals surface area (Å²) in [6.07, 6.45) is 8.54. The first-order chi connectivity index (χ1) is 14.8. The number of ether oxygens (including phenoxy) is 1. The molecule has 0 bridgehead atoms. The summed E-state index contributed by atoms with van der Waals surface area (Å²) in [5, 5.41) is 12.5. The van der Waals surface area contributed by atoms with E-state index >= 15 is 0 Å². The standard InChI is InChI=1S/C26H26N2OS/c1-2-29-25-11-7-6-10-22(25)16-23(17-27)26-28-24(18-30-26)21-14-12-20(13-15-21)19-8-4-3-5-9-19/h6-7,10-16,18-19H,2-5,8-9H2,1H3/b23-16+. The Kier molecular flexibility index (Phi) is 6.61. The van der Waals surface area contributed by atoms with Crippen LogP contribution in [-0.2, 0) is 0 Å². The molecule has 0 radical (unpaired) electrons. The van der Waals surface area contributed by atoms with Crippen LogP contribution in [0.25, 0.3) is 22.9 Å². The van der Waals surface area contributed by atoms with Crippen LogP contribution >= 0.6 is 11.3 Å². The summed E-state index contributed by atoms with van der Waals surface area (Å²) in [7, 11) is 0. The van der Waals surface area contributed by atoms with E-state index in [1.54, 1.807) is 0 Å². The Hall–Kier alpha value is -2.90. The molecular weight excluding hydrogens is 388 g/mol. The lowest BCUT2D eigenvalue weighted by Gasteiger charge is -2.22. The molecule has 0 unspecified atom stereocenters. The summed E-state index contributed by atoms with van der Waals surface area (Å²) < 4.78 is 5.68. The van der Waals surface area contributed by atoms with Crippen molar-refractivity contribution >= 4 is 23.0 Å². The van der Waals surface area contributed by atoms with Gasteiger partial charge < -0.3 is 4.74 Å². The van der Waals surface area contributed by atoms with Crippen molar-refractivity contribution in [1.82, 2.24) is 4.98 Å². The van der Waals surface area contributed by atoms with E-state index in [0.29, 0.717) is 18.1 Å². The van der Waals surface area contributed by atoms with Crippen LogP contribution in [0.15, 0.2) is 53.9 Å². The Morgan fingerprint density at radius 1 is 1.13 bits per heavy atom. The van der Waals surface area contributed by atoms with Crippen LogP contribution < -0.4 is 4.74 Å². The molecule has 1 aromatic heterocycles. The van der Waals surface area contributed by atoms with Crippen molar-refractivity contribution in [2.75, 3.05) is 6.61 Å². The van der Waals surface area contributed by atoms with Crippen molar-refractivity contribution in [2.24, 2.45) is 0 Å². The minimum Gasteiger partial charge on any atom is -0.493 e. The molecule has 30 heavy (non-hydrogen) atoms. The molecule has 0 amide bonds. The fourth-order valence-electron chi connectivity index (χ4n) is 4.08. The highest BCUT2D eigenvalue weighted by atomic mass is 32.1. The van der Waals surface area contributed by atoms with Crippen LogP contribution in [0.2, 0.25) is 0 Å². The smallest absolute Gasteiger partial charge is 0.134 e. The fraction of sp³-hybridized carbons (Fsp3) is 0.308. The van der Waals surface area contributed by atoms with Crippen LogP contribution in [-0.4, -0.2) is 11.6 Å². The zero-order valence-corrected chi connectivity index (χ0v) is 18.1. The minimum atomic E-state index is 0.553. The van der Waals surface area contributed by atoms with E-state index in [1.807, 2.05) is 42.6 Å². The monoisotopic (exact) mass is 414 g/mol. The lowest BCUT2D eigenvalue weighted by Crippen LogP contribution is -2.04. The van der Waals surface area contributed by atoms with E-state index in [9.17, 15) is 5.26 Å². The fourth-order valence-corrected chi connectivity index (χ4v) is 4.87.